The summed E-state index contributed by atoms with van der Waals surface area (Å²) >= 11 is 0. The van der Waals surface area contributed by atoms with E-state index >= 15 is 0 Å². The van der Waals surface area contributed by atoms with Gasteiger partial charge >= 0.3 is 0 Å². The van der Waals surface area contributed by atoms with Crippen molar-refractivity contribution in [2.24, 2.45) is 5.92 Å². The van der Waals surface area contributed by atoms with Gasteiger partial charge in [0.15, 0.2) is 4.90 Å². The average Bonchev–Trinajstić information content (AvgIpc) is 3.86. The number of aromatic nitrogens is 2. The monoisotopic (exact) mass is 624 g/mol. The van der Waals surface area contributed by atoms with E-state index in [1.54, 1.807) is 54.6 Å². The normalized spacial score (nSPS) is 13.8. The number of amides is 1. The first kappa shape index (κ1) is 31.7. The smallest absolute Gasteiger partial charge is 0.277 e. The first-order valence-corrected chi connectivity index (χ1v) is 16.6. The van der Waals surface area contributed by atoms with Crippen molar-refractivity contribution in [3.05, 3.63) is 106 Å². The molecule has 232 valence electrons. The third kappa shape index (κ3) is 6.54. The van der Waals surface area contributed by atoms with Crippen molar-refractivity contribution in [2.75, 3.05) is 0 Å². The van der Waals surface area contributed by atoms with Gasteiger partial charge in [0.2, 0.25) is 15.7 Å². The van der Waals surface area contributed by atoms with E-state index in [1.807, 2.05) is 26.8 Å². The molecule has 4 aromatic rings. The van der Waals surface area contributed by atoms with Gasteiger partial charge in [-0.15, -0.1) is 0 Å². The molecule has 1 aromatic heterocycles. The van der Waals surface area contributed by atoms with Crippen LogP contribution in [0, 0.1) is 17.2 Å². The molecule has 10 heteroatoms. The van der Waals surface area contributed by atoms with E-state index in [4.69, 9.17) is 0 Å². The molecular weight excluding hydrogens is 588 g/mol. The lowest BCUT2D eigenvalue weighted by molar-refractivity contribution is 0.0943. The minimum absolute atomic E-state index is 0.0613. The Kier molecular flexibility index (Phi) is 9.21. The van der Waals surface area contributed by atoms with Crippen molar-refractivity contribution in [1.82, 2.24) is 14.9 Å². The number of nitriles is 1. The van der Waals surface area contributed by atoms with Gasteiger partial charge < -0.3 is 10.4 Å². The predicted octanol–water partition coefficient (Wildman–Crippen LogP) is 5.80. The van der Waals surface area contributed by atoms with Gasteiger partial charge in [0, 0.05) is 18.0 Å². The molecule has 1 atom stereocenters. The van der Waals surface area contributed by atoms with Crippen molar-refractivity contribution in [2.45, 2.75) is 74.7 Å². The second-order valence-corrected chi connectivity index (χ2v) is 13.6. The predicted molar refractivity (Wildman–Crippen MR) is 171 cm³/mol. The summed E-state index contributed by atoms with van der Waals surface area (Å²) in [5.74, 6) is -0.708. The Bertz CT molecular complexity index is 1940. The van der Waals surface area contributed by atoms with Crippen molar-refractivity contribution in [1.29, 1.82) is 5.26 Å². The van der Waals surface area contributed by atoms with E-state index < -0.39 is 32.2 Å². The standard InChI is InChI=1S/C35H36N4O5S/c1-4-5-13-30-38-34(41)32(35(42)39(30)31(25-14-15-25)26-10-8-9-23(20-26)21-36)45(43,44)27-18-16-24(17-19-27)28-11-6-7-12-29(28)33(40)37-22(2)3/h6-12,16-20,22,25,31,41H,4-5,13-15H2,1-3H3,(H,37,40). The number of nitrogens with one attached hydrogen (secondary N) is 1. The lowest BCUT2D eigenvalue weighted by atomic mass is 9.99. The lowest BCUT2D eigenvalue weighted by Crippen LogP contribution is -2.34. The third-order valence-electron chi connectivity index (χ3n) is 7.92. The van der Waals surface area contributed by atoms with Crippen LogP contribution in [0.1, 0.15) is 79.8 Å². The maximum absolute atomic E-state index is 14.3. The second kappa shape index (κ2) is 13.1. The Balaban J connectivity index is 1.61. The molecular formula is C35H36N4O5S. The fourth-order valence-corrected chi connectivity index (χ4v) is 6.97. The molecule has 0 radical (unpaired) electrons. The second-order valence-electron chi connectivity index (χ2n) is 11.7. The fraction of sp³-hybridized carbons (Fsp3) is 0.314. The van der Waals surface area contributed by atoms with Gasteiger partial charge in [-0.2, -0.15) is 10.2 Å². The Morgan fingerprint density at radius 2 is 1.80 bits per heavy atom. The molecule has 5 rings (SSSR count). The molecule has 0 aliphatic heterocycles. The summed E-state index contributed by atoms with van der Waals surface area (Å²) in [6, 6.07) is 21.4. The number of nitrogens with zero attached hydrogens (tertiary/aromatic N) is 3. The highest BCUT2D eigenvalue weighted by molar-refractivity contribution is 7.91. The zero-order valence-corrected chi connectivity index (χ0v) is 26.3. The Labute approximate surface area is 263 Å². The van der Waals surface area contributed by atoms with E-state index in [-0.39, 0.29) is 22.8 Å². The van der Waals surface area contributed by atoms with E-state index in [0.29, 0.717) is 40.9 Å². The molecule has 0 spiro atoms. The summed E-state index contributed by atoms with van der Waals surface area (Å²) in [4.78, 5) is 30.4. The fourth-order valence-electron chi connectivity index (χ4n) is 5.62. The molecule has 9 nitrogen and oxygen atoms in total. The van der Waals surface area contributed by atoms with Gasteiger partial charge in [-0.25, -0.2) is 8.42 Å². The summed E-state index contributed by atoms with van der Waals surface area (Å²) < 4.78 is 29.5. The SMILES string of the molecule is CCCCc1nc(O)c(S(=O)(=O)c2ccc(-c3ccccc3C(=O)NC(C)C)cc2)c(=O)n1C(c1cccc(C#N)c1)C1CC1. The largest absolute Gasteiger partial charge is 0.492 e. The lowest BCUT2D eigenvalue weighted by Gasteiger charge is -2.24. The quantitative estimate of drug-likeness (QED) is 0.215. The maximum Gasteiger partial charge on any atom is 0.277 e. The third-order valence-corrected chi connectivity index (χ3v) is 9.71. The van der Waals surface area contributed by atoms with Gasteiger partial charge in [-0.3, -0.25) is 14.2 Å². The molecule has 3 aromatic carbocycles. The minimum Gasteiger partial charge on any atom is -0.492 e. The van der Waals surface area contributed by atoms with Crippen LogP contribution in [0.25, 0.3) is 11.1 Å². The number of aromatic hydroxyl groups is 1. The van der Waals surface area contributed by atoms with Crippen LogP contribution in [-0.4, -0.2) is 35.0 Å². The number of carbonyl (C=O) groups excluding carboxylic acids is 1. The highest BCUT2D eigenvalue weighted by Crippen LogP contribution is 2.44. The van der Waals surface area contributed by atoms with E-state index in [0.717, 1.165) is 24.8 Å². The zero-order valence-electron chi connectivity index (χ0n) is 25.5. The molecule has 1 saturated carbocycles. The topological polar surface area (TPSA) is 142 Å². The molecule has 1 heterocycles. The summed E-state index contributed by atoms with van der Waals surface area (Å²) in [7, 11) is -4.51. The summed E-state index contributed by atoms with van der Waals surface area (Å²) in [5.41, 5.74) is 2.00. The van der Waals surface area contributed by atoms with Crippen LogP contribution in [0.4, 0.5) is 0 Å². The number of benzene rings is 3. The first-order chi connectivity index (χ1) is 21.6. The Hall–Kier alpha value is -4.75. The highest BCUT2D eigenvalue weighted by Gasteiger charge is 2.38. The first-order valence-electron chi connectivity index (χ1n) is 15.2. The van der Waals surface area contributed by atoms with Gasteiger partial charge in [-0.1, -0.05) is 55.8 Å². The Morgan fingerprint density at radius 1 is 1.09 bits per heavy atom. The van der Waals surface area contributed by atoms with Crippen molar-refractivity contribution in [3.8, 4) is 23.1 Å². The maximum atomic E-state index is 14.3. The molecule has 2 N–H and O–H groups in total. The van der Waals surface area contributed by atoms with Crippen LogP contribution in [0.3, 0.4) is 0 Å². The van der Waals surface area contributed by atoms with Gasteiger partial charge in [0.05, 0.1) is 22.6 Å². The van der Waals surface area contributed by atoms with Crippen LogP contribution in [0.5, 0.6) is 5.88 Å². The van der Waals surface area contributed by atoms with Crippen molar-refractivity contribution >= 4 is 15.7 Å². The van der Waals surface area contributed by atoms with Gasteiger partial charge in [0.25, 0.3) is 11.5 Å². The van der Waals surface area contributed by atoms with Crippen molar-refractivity contribution in [3.63, 3.8) is 0 Å². The summed E-state index contributed by atoms with van der Waals surface area (Å²) in [6.45, 7) is 5.73. The number of aryl methyl sites for hydroxylation is 1. The number of sulfone groups is 1. The summed E-state index contributed by atoms with van der Waals surface area (Å²) in [5, 5.41) is 23.4. The molecule has 1 aliphatic rings. The van der Waals surface area contributed by atoms with Crippen LogP contribution >= 0.6 is 0 Å². The number of carbonyl (C=O) groups is 1. The van der Waals surface area contributed by atoms with Crippen LogP contribution in [0.15, 0.2) is 87.4 Å². The number of hydrogen-bond donors (Lipinski definition) is 2. The molecule has 1 unspecified atom stereocenters. The molecule has 0 saturated heterocycles. The highest BCUT2D eigenvalue weighted by atomic mass is 32.2. The Morgan fingerprint density at radius 3 is 2.44 bits per heavy atom. The van der Waals surface area contributed by atoms with Crippen LogP contribution < -0.4 is 10.9 Å². The van der Waals surface area contributed by atoms with E-state index in [1.165, 1.54) is 16.7 Å². The van der Waals surface area contributed by atoms with Crippen LogP contribution in [-0.2, 0) is 16.3 Å². The number of rotatable bonds is 11. The number of unbranched alkanes of at least 4 members (excludes halogenated alkanes) is 1. The molecule has 1 amide bonds. The van der Waals surface area contributed by atoms with Gasteiger partial charge in [-0.05, 0) is 86.1 Å². The van der Waals surface area contributed by atoms with Crippen molar-refractivity contribution < 1.29 is 18.3 Å². The molecule has 0 bridgehead atoms. The minimum atomic E-state index is -4.51. The van der Waals surface area contributed by atoms with E-state index in [2.05, 4.69) is 16.4 Å². The molecule has 1 fully saturated rings. The molecule has 45 heavy (non-hydrogen) atoms. The van der Waals surface area contributed by atoms with E-state index in [9.17, 15) is 28.4 Å². The number of hydrogen-bond acceptors (Lipinski definition) is 7. The molecule has 1 aliphatic carbocycles. The average molecular weight is 625 g/mol. The summed E-state index contributed by atoms with van der Waals surface area (Å²) in [6.07, 6.45) is 3.54. The zero-order chi connectivity index (χ0) is 32.3. The van der Waals surface area contributed by atoms with Crippen LogP contribution in [0.2, 0.25) is 0 Å². The van der Waals surface area contributed by atoms with Gasteiger partial charge in [0.1, 0.15) is 5.82 Å².